The number of hydrogen-bond acceptors (Lipinski definition) is 5. The van der Waals surface area contributed by atoms with Gasteiger partial charge in [-0.3, -0.25) is 9.59 Å². The average molecular weight is 368 g/mol. The molecular formula is C17H24N2O5S. The molecular weight excluding hydrogens is 344 g/mol. The molecule has 0 radical (unpaired) electrons. The molecule has 0 saturated carbocycles. The predicted octanol–water partition coefficient (Wildman–Crippen LogP) is 1.42. The van der Waals surface area contributed by atoms with E-state index < -0.39 is 40.1 Å². The van der Waals surface area contributed by atoms with E-state index in [9.17, 15) is 18.0 Å². The molecule has 0 aromatic heterocycles. The van der Waals surface area contributed by atoms with Crippen molar-refractivity contribution in [2.75, 3.05) is 6.54 Å². The van der Waals surface area contributed by atoms with Crippen LogP contribution >= 0.6 is 0 Å². The standard InChI is InChI=1S/C17H24N2O5S/c1-13(16(21)19-17(2,3)4)24-15(20)12-18-25(22,23)11-10-14-8-6-5-7-9-14/h5-11,13,18H,12H2,1-4H3,(H,19,21)/b11-10+. The van der Waals surface area contributed by atoms with Gasteiger partial charge in [0.2, 0.25) is 10.0 Å². The molecule has 1 rings (SSSR count). The second-order valence-corrected chi connectivity index (χ2v) is 8.10. The first-order valence-corrected chi connectivity index (χ1v) is 9.27. The van der Waals surface area contributed by atoms with Crippen LogP contribution in [0.15, 0.2) is 35.7 Å². The Labute approximate surface area is 148 Å². The fraction of sp³-hybridized carbons (Fsp3) is 0.412. The van der Waals surface area contributed by atoms with E-state index in [1.807, 2.05) is 6.07 Å². The van der Waals surface area contributed by atoms with Crippen LogP contribution in [0, 0.1) is 0 Å². The van der Waals surface area contributed by atoms with Gasteiger partial charge >= 0.3 is 5.97 Å². The second kappa shape index (κ2) is 8.77. The number of nitrogens with one attached hydrogen (secondary N) is 2. The maximum absolute atomic E-state index is 11.8. The van der Waals surface area contributed by atoms with Crippen molar-refractivity contribution in [2.24, 2.45) is 0 Å². The number of esters is 1. The van der Waals surface area contributed by atoms with E-state index in [1.54, 1.807) is 45.0 Å². The highest BCUT2D eigenvalue weighted by molar-refractivity contribution is 7.92. The summed E-state index contributed by atoms with van der Waals surface area (Å²) in [5.74, 6) is -1.29. The summed E-state index contributed by atoms with van der Waals surface area (Å²) < 4.78 is 30.7. The number of sulfonamides is 1. The van der Waals surface area contributed by atoms with Gasteiger partial charge in [0, 0.05) is 10.9 Å². The Bertz CT molecular complexity index is 721. The van der Waals surface area contributed by atoms with E-state index in [2.05, 4.69) is 10.0 Å². The van der Waals surface area contributed by atoms with E-state index >= 15 is 0 Å². The van der Waals surface area contributed by atoms with Crippen molar-refractivity contribution in [3.8, 4) is 0 Å². The Morgan fingerprint density at radius 1 is 1.20 bits per heavy atom. The fourth-order valence-corrected chi connectivity index (χ4v) is 2.46. The molecule has 25 heavy (non-hydrogen) atoms. The number of ether oxygens (including phenoxy) is 1. The van der Waals surface area contributed by atoms with Crippen LogP contribution in [0.4, 0.5) is 0 Å². The van der Waals surface area contributed by atoms with E-state index in [1.165, 1.54) is 13.0 Å². The zero-order valence-corrected chi connectivity index (χ0v) is 15.6. The normalized spacial score (nSPS) is 13.4. The van der Waals surface area contributed by atoms with Crippen molar-refractivity contribution in [1.82, 2.24) is 10.0 Å². The molecule has 0 bridgehead atoms. The van der Waals surface area contributed by atoms with Crippen molar-refractivity contribution in [3.63, 3.8) is 0 Å². The molecule has 1 unspecified atom stereocenters. The first kappa shape index (κ1) is 20.9. The second-order valence-electron chi connectivity index (χ2n) is 6.45. The minimum Gasteiger partial charge on any atom is -0.452 e. The summed E-state index contributed by atoms with van der Waals surface area (Å²) in [7, 11) is -3.79. The molecule has 1 amide bonds. The van der Waals surface area contributed by atoms with Gasteiger partial charge in [0.25, 0.3) is 5.91 Å². The topological polar surface area (TPSA) is 102 Å². The Morgan fingerprint density at radius 3 is 2.36 bits per heavy atom. The smallest absolute Gasteiger partial charge is 0.321 e. The molecule has 0 fully saturated rings. The van der Waals surface area contributed by atoms with Gasteiger partial charge in [0.05, 0.1) is 0 Å². The van der Waals surface area contributed by atoms with E-state index in [0.29, 0.717) is 5.56 Å². The maximum Gasteiger partial charge on any atom is 0.321 e. The number of rotatable bonds is 7. The number of carbonyl (C=O) groups is 2. The molecule has 0 spiro atoms. The third-order valence-corrected chi connectivity index (χ3v) is 3.87. The molecule has 1 aromatic rings. The largest absolute Gasteiger partial charge is 0.452 e. The first-order chi connectivity index (χ1) is 11.5. The number of carbonyl (C=O) groups excluding carboxylic acids is 2. The lowest BCUT2D eigenvalue weighted by atomic mass is 10.1. The SMILES string of the molecule is CC(OC(=O)CNS(=O)(=O)/C=C/c1ccccc1)C(=O)NC(C)(C)C. The van der Waals surface area contributed by atoms with Crippen LogP contribution in [0.3, 0.4) is 0 Å². The van der Waals surface area contributed by atoms with E-state index in [4.69, 9.17) is 4.74 Å². The van der Waals surface area contributed by atoms with Crippen molar-refractivity contribution in [1.29, 1.82) is 0 Å². The molecule has 0 aliphatic rings. The van der Waals surface area contributed by atoms with Crippen LogP contribution in [-0.2, 0) is 24.3 Å². The van der Waals surface area contributed by atoms with Crippen molar-refractivity contribution in [2.45, 2.75) is 39.3 Å². The third kappa shape index (κ3) is 9.02. The highest BCUT2D eigenvalue weighted by Gasteiger charge is 2.22. The van der Waals surface area contributed by atoms with Crippen LogP contribution in [-0.4, -0.2) is 38.5 Å². The van der Waals surface area contributed by atoms with Crippen molar-refractivity contribution in [3.05, 3.63) is 41.3 Å². The fourth-order valence-electron chi connectivity index (χ4n) is 1.70. The van der Waals surface area contributed by atoms with E-state index in [-0.39, 0.29) is 0 Å². The molecule has 0 aliphatic heterocycles. The minimum absolute atomic E-state index is 0.451. The molecule has 2 N–H and O–H groups in total. The molecule has 138 valence electrons. The van der Waals surface area contributed by atoms with Gasteiger partial charge in [-0.1, -0.05) is 30.3 Å². The summed E-state index contributed by atoms with van der Waals surface area (Å²) in [6, 6.07) is 8.87. The zero-order valence-electron chi connectivity index (χ0n) is 14.8. The average Bonchev–Trinajstić information content (AvgIpc) is 2.51. The van der Waals surface area contributed by atoms with Crippen LogP contribution in [0.5, 0.6) is 0 Å². The van der Waals surface area contributed by atoms with Gasteiger partial charge in [-0.2, -0.15) is 0 Å². The highest BCUT2D eigenvalue weighted by Crippen LogP contribution is 2.03. The molecule has 1 aromatic carbocycles. The van der Waals surface area contributed by atoms with Crippen LogP contribution in [0.1, 0.15) is 33.3 Å². The Balaban J connectivity index is 2.49. The highest BCUT2D eigenvalue weighted by atomic mass is 32.2. The predicted molar refractivity (Wildman–Crippen MR) is 95.8 cm³/mol. The monoisotopic (exact) mass is 368 g/mol. The lowest BCUT2D eigenvalue weighted by Gasteiger charge is -2.23. The minimum atomic E-state index is -3.79. The zero-order chi connectivity index (χ0) is 19.1. The van der Waals surface area contributed by atoms with E-state index in [0.717, 1.165) is 5.41 Å². The Kier molecular flexibility index (Phi) is 7.32. The Morgan fingerprint density at radius 2 is 1.80 bits per heavy atom. The van der Waals surface area contributed by atoms with Gasteiger partial charge in [0.1, 0.15) is 6.54 Å². The summed E-state index contributed by atoms with van der Waals surface area (Å²) in [5, 5.41) is 3.63. The number of amides is 1. The van der Waals surface area contributed by atoms with Gasteiger partial charge in [0.15, 0.2) is 6.10 Å². The van der Waals surface area contributed by atoms with Gasteiger partial charge < -0.3 is 10.1 Å². The lowest BCUT2D eigenvalue weighted by Crippen LogP contribution is -2.46. The summed E-state index contributed by atoms with van der Waals surface area (Å²) >= 11 is 0. The summed E-state index contributed by atoms with van der Waals surface area (Å²) in [5.41, 5.74) is 0.254. The molecule has 7 nitrogen and oxygen atoms in total. The Hall–Kier alpha value is -2.19. The van der Waals surface area contributed by atoms with Crippen LogP contribution in [0.2, 0.25) is 0 Å². The van der Waals surface area contributed by atoms with Crippen molar-refractivity contribution < 1.29 is 22.7 Å². The third-order valence-electron chi connectivity index (χ3n) is 2.83. The van der Waals surface area contributed by atoms with Gasteiger partial charge in [-0.15, -0.1) is 0 Å². The van der Waals surface area contributed by atoms with Crippen LogP contribution < -0.4 is 10.0 Å². The van der Waals surface area contributed by atoms with Crippen molar-refractivity contribution >= 4 is 28.0 Å². The first-order valence-electron chi connectivity index (χ1n) is 7.73. The lowest BCUT2D eigenvalue weighted by molar-refractivity contribution is -0.154. The summed E-state index contributed by atoms with van der Waals surface area (Å²) in [6.07, 6.45) is 0.392. The molecule has 0 heterocycles. The number of hydrogen-bond donors (Lipinski definition) is 2. The molecule has 8 heteroatoms. The molecule has 0 saturated heterocycles. The van der Waals surface area contributed by atoms with Crippen LogP contribution in [0.25, 0.3) is 6.08 Å². The molecule has 0 aliphatic carbocycles. The van der Waals surface area contributed by atoms with Gasteiger partial charge in [-0.25, -0.2) is 13.1 Å². The quantitative estimate of drug-likeness (QED) is 0.709. The molecule has 1 atom stereocenters. The summed E-state index contributed by atoms with van der Waals surface area (Å²) in [6.45, 7) is 6.25. The van der Waals surface area contributed by atoms with Gasteiger partial charge in [-0.05, 0) is 39.3 Å². The number of benzene rings is 1. The summed E-state index contributed by atoms with van der Waals surface area (Å²) in [4.78, 5) is 23.5. The maximum atomic E-state index is 11.8.